The maximum absolute atomic E-state index is 3.46. The Labute approximate surface area is 128 Å². The van der Waals surface area contributed by atoms with Gasteiger partial charge in [-0.05, 0) is 30.6 Å². The average Bonchev–Trinajstić information content (AvgIpc) is 2.48. The van der Waals surface area contributed by atoms with Crippen molar-refractivity contribution in [2.24, 2.45) is 0 Å². The van der Waals surface area contributed by atoms with Gasteiger partial charge in [-0.25, -0.2) is 0 Å². The van der Waals surface area contributed by atoms with Gasteiger partial charge in [0.05, 0.1) is 0 Å². The zero-order chi connectivity index (χ0) is 13.2. The predicted octanol–water partition coefficient (Wildman–Crippen LogP) is 3.38. The number of hydrogen-bond donors (Lipinski definition) is 2. The van der Waals surface area contributed by atoms with Gasteiger partial charge in [0, 0.05) is 13.1 Å². The molecule has 0 atom stereocenters. The lowest BCUT2D eigenvalue weighted by molar-refractivity contribution is 0.595. The Balaban J connectivity index is 0.00000200. The normalized spacial score (nSPS) is 10.0. The van der Waals surface area contributed by atoms with E-state index >= 15 is 0 Å². The molecule has 0 amide bonds. The van der Waals surface area contributed by atoms with Crippen molar-refractivity contribution in [3.63, 3.8) is 0 Å². The monoisotopic (exact) mass is 290 g/mol. The Morgan fingerprint density at radius 3 is 1.40 bits per heavy atom. The fourth-order valence-electron chi connectivity index (χ4n) is 2.00. The van der Waals surface area contributed by atoms with Crippen LogP contribution in [0, 0.1) is 0 Å². The van der Waals surface area contributed by atoms with Crippen LogP contribution in [0.5, 0.6) is 0 Å². The van der Waals surface area contributed by atoms with Crippen LogP contribution in [0.1, 0.15) is 17.5 Å². The molecule has 2 N–H and O–H groups in total. The second-order valence-corrected chi connectivity index (χ2v) is 4.68. The summed E-state index contributed by atoms with van der Waals surface area (Å²) >= 11 is 0. The first-order valence-corrected chi connectivity index (χ1v) is 6.94. The molecule has 0 spiro atoms. The second-order valence-electron chi connectivity index (χ2n) is 4.68. The maximum Gasteiger partial charge on any atom is 0.0205 e. The van der Waals surface area contributed by atoms with Crippen LogP contribution in [0.3, 0.4) is 0 Å². The molecule has 0 bridgehead atoms. The summed E-state index contributed by atoms with van der Waals surface area (Å²) < 4.78 is 0. The van der Waals surface area contributed by atoms with Gasteiger partial charge in [0.25, 0.3) is 0 Å². The van der Waals surface area contributed by atoms with E-state index in [1.807, 2.05) is 0 Å². The molecule has 3 heteroatoms. The highest BCUT2D eigenvalue weighted by Gasteiger charge is 1.92. The topological polar surface area (TPSA) is 24.1 Å². The minimum absolute atomic E-state index is 0. The summed E-state index contributed by atoms with van der Waals surface area (Å²) in [6.07, 6.45) is 1.15. The van der Waals surface area contributed by atoms with Crippen molar-refractivity contribution in [1.29, 1.82) is 0 Å². The van der Waals surface area contributed by atoms with Crippen molar-refractivity contribution in [3.8, 4) is 0 Å². The van der Waals surface area contributed by atoms with Gasteiger partial charge in [0.2, 0.25) is 0 Å². The summed E-state index contributed by atoms with van der Waals surface area (Å²) in [5.41, 5.74) is 2.69. The first-order chi connectivity index (χ1) is 9.45. The number of hydrogen-bond acceptors (Lipinski definition) is 2. The summed E-state index contributed by atoms with van der Waals surface area (Å²) in [6, 6.07) is 21.0. The quantitative estimate of drug-likeness (QED) is 0.728. The SMILES string of the molecule is Cl.c1ccc(CNCCCNCc2ccccc2)cc1. The molecule has 2 aromatic carbocycles. The highest BCUT2D eigenvalue weighted by molar-refractivity contribution is 5.85. The van der Waals surface area contributed by atoms with Gasteiger partial charge in [-0.3, -0.25) is 0 Å². The molecule has 0 heterocycles. The molecule has 0 aromatic heterocycles. The van der Waals surface area contributed by atoms with Crippen LogP contribution in [0.25, 0.3) is 0 Å². The molecule has 108 valence electrons. The first-order valence-electron chi connectivity index (χ1n) is 6.94. The zero-order valence-electron chi connectivity index (χ0n) is 11.7. The molecule has 2 aromatic rings. The van der Waals surface area contributed by atoms with Crippen molar-refractivity contribution in [3.05, 3.63) is 71.8 Å². The van der Waals surface area contributed by atoms with E-state index in [2.05, 4.69) is 71.3 Å². The Bertz CT molecular complexity index is 402. The van der Waals surface area contributed by atoms with Crippen LogP contribution in [-0.2, 0) is 13.1 Å². The van der Waals surface area contributed by atoms with E-state index < -0.39 is 0 Å². The van der Waals surface area contributed by atoms with Gasteiger partial charge in [-0.1, -0.05) is 60.7 Å². The van der Waals surface area contributed by atoms with Crippen LogP contribution in [0.4, 0.5) is 0 Å². The molecule has 0 saturated carbocycles. The summed E-state index contributed by atoms with van der Waals surface area (Å²) in [5, 5.41) is 6.92. The molecule has 20 heavy (non-hydrogen) atoms. The van der Waals surface area contributed by atoms with E-state index in [0.717, 1.165) is 32.6 Å². The lowest BCUT2D eigenvalue weighted by atomic mass is 10.2. The standard InChI is InChI=1S/C17H22N2.ClH/c1-3-8-16(9-4-1)14-18-12-7-13-19-15-17-10-5-2-6-11-17;/h1-6,8-11,18-19H,7,12-15H2;1H. The highest BCUT2D eigenvalue weighted by Crippen LogP contribution is 1.98. The van der Waals surface area contributed by atoms with Gasteiger partial charge in [-0.15, -0.1) is 12.4 Å². The van der Waals surface area contributed by atoms with Crippen LogP contribution in [0.2, 0.25) is 0 Å². The van der Waals surface area contributed by atoms with Crippen LogP contribution in [0.15, 0.2) is 60.7 Å². The third-order valence-corrected chi connectivity index (χ3v) is 3.05. The maximum atomic E-state index is 3.46. The van der Waals surface area contributed by atoms with E-state index in [1.54, 1.807) is 0 Å². The van der Waals surface area contributed by atoms with Gasteiger partial charge in [0.15, 0.2) is 0 Å². The van der Waals surface area contributed by atoms with E-state index in [9.17, 15) is 0 Å². The summed E-state index contributed by atoms with van der Waals surface area (Å²) in [6.45, 7) is 4.02. The van der Waals surface area contributed by atoms with Crippen molar-refractivity contribution in [1.82, 2.24) is 10.6 Å². The summed E-state index contributed by atoms with van der Waals surface area (Å²) in [4.78, 5) is 0. The Morgan fingerprint density at radius 1 is 0.600 bits per heavy atom. The third kappa shape index (κ3) is 6.71. The third-order valence-electron chi connectivity index (χ3n) is 3.05. The van der Waals surface area contributed by atoms with Gasteiger partial charge >= 0.3 is 0 Å². The van der Waals surface area contributed by atoms with Crippen molar-refractivity contribution < 1.29 is 0 Å². The molecule has 0 aliphatic rings. The lowest BCUT2D eigenvalue weighted by Crippen LogP contribution is -2.21. The summed E-state index contributed by atoms with van der Waals surface area (Å²) in [5.74, 6) is 0. The number of benzene rings is 2. The van der Waals surface area contributed by atoms with E-state index in [4.69, 9.17) is 0 Å². The molecular weight excluding hydrogens is 268 g/mol. The highest BCUT2D eigenvalue weighted by atomic mass is 35.5. The minimum atomic E-state index is 0. The fourth-order valence-corrected chi connectivity index (χ4v) is 2.00. The first kappa shape index (κ1) is 16.7. The smallest absolute Gasteiger partial charge is 0.0205 e. The molecule has 0 fully saturated rings. The molecule has 0 radical (unpaired) electrons. The second kappa shape index (κ2) is 10.4. The molecule has 0 aliphatic carbocycles. The van der Waals surface area contributed by atoms with Crippen LogP contribution in [-0.4, -0.2) is 13.1 Å². The number of rotatable bonds is 8. The number of halogens is 1. The zero-order valence-corrected chi connectivity index (χ0v) is 12.5. The van der Waals surface area contributed by atoms with Gasteiger partial charge < -0.3 is 10.6 Å². The fraction of sp³-hybridized carbons (Fsp3) is 0.294. The molecule has 0 aliphatic heterocycles. The van der Waals surface area contributed by atoms with E-state index in [-0.39, 0.29) is 12.4 Å². The van der Waals surface area contributed by atoms with Crippen molar-refractivity contribution in [2.45, 2.75) is 19.5 Å². The Kier molecular flexibility index (Phi) is 8.72. The van der Waals surface area contributed by atoms with Crippen LogP contribution < -0.4 is 10.6 Å². The minimum Gasteiger partial charge on any atom is -0.313 e. The Hall–Kier alpha value is -1.35. The van der Waals surface area contributed by atoms with E-state index in [0.29, 0.717) is 0 Å². The molecule has 2 nitrogen and oxygen atoms in total. The van der Waals surface area contributed by atoms with Gasteiger partial charge in [0.1, 0.15) is 0 Å². The van der Waals surface area contributed by atoms with Crippen molar-refractivity contribution >= 4 is 12.4 Å². The van der Waals surface area contributed by atoms with E-state index in [1.165, 1.54) is 11.1 Å². The summed E-state index contributed by atoms with van der Waals surface area (Å²) in [7, 11) is 0. The van der Waals surface area contributed by atoms with Crippen molar-refractivity contribution in [2.75, 3.05) is 13.1 Å². The molecular formula is C17H23ClN2. The average molecular weight is 291 g/mol. The van der Waals surface area contributed by atoms with Gasteiger partial charge in [-0.2, -0.15) is 0 Å². The Morgan fingerprint density at radius 2 is 1.00 bits per heavy atom. The number of nitrogens with one attached hydrogen (secondary N) is 2. The molecule has 2 rings (SSSR count). The molecule has 0 unspecified atom stereocenters. The molecule has 0 saturated heterocycles. The predicted molar refractivity (Wildman–Crippen MR) is 88.2 cm³/mol. The van der Waals surface area contributed by atoms with Crippen LogP contribution >= 0.6 is 12.4 Å². The lowest BCUT2D eigenvalue weighted by Gasteiger charge is -2.06. The largest absolute Gasteiger partial charge is 0.313 e.